The van der Waals surface area contributed by atoms with Crippen LogP contribution in [0.15, 0.2) is 24.3 Å². The van der Waals surface area contributed by atoms with Crippen LogP contribution >= 0.6 is 12.4 Å². The second kappa shape index (κ2) is 7.49. The van der Waals surface area contributed by atoms with Crippen LogP contribution in [0.2, 0.25) is 0 Å². The number of halogens is 6. The summed E-state index contributed by atoms with van der Waals surface area (Å²) in [7, 11) is 0. The first kappa shape index (κ1) is 17.9. The Labute approximate surface area is 113 Å². The predicted octanol–water partition coefficient (Wildman–Crippen LogP) is 3.70. The largest absolute Gasteiger partial charge is 0.461 e. The van der Waals surface area contributed by atoms with Crippen molar-refractivity contribution in [2.45, 2.75) is 25.0 Å². The van der Waals surface area contributed by atoms with Gasteiger partial charge in [0.25, 0.3) is 0 Å². The monoisotopic (exact) mass is 305 g/mol. The van der Waals surface area contributed by atoms with Crippen molar-refractivity contribution in [1.29, 1.82) is 0 Å². The molecular weight excluding hydrogens is 293 g/mol. The summed E-state index contributed by atoms with van der Waals surface area (Å²) in [4.78, 5) is 0. The predicted molar refractivity (Wildman–Crippen MR) is 62.8 cm³/mol. The van der Waals surface area contributed by atoms with Crippen molar-refractivity contribution in [2.24, 2.45) is 5.73 Å². The summed E-state index contributed by atoms with van der Waals surface area (Å²) in [6, 6.07) is 4.27. The quantitative estimate of drug-likeness (QED) is 0.813. The first-order valence-electron chi connectivity index (χ1n) is 5.13. The Morgan fingerprint density at radius 1 is 1.16 bits per heavy atom. The van der Waals surface area contributed by atoms with E-state index in [1.54, 1.807) is 0 Å². The maximum absolute atomic E-state index is 12.6. The summed E-state index contributed by atoms with van der Waals surface area (Å²) in [5.74, 6) is -0.406. The van der Waals surface area contributed by atoms with E-state index in [9.17, 15) is 22.0 Å². The third-order valence-corrected chi connectivity index (χ3v) is 2.24. The molecule has 0 aliphatic heterocycles. The number of ether oxygens (including phenoxy) is 1. The first-order valence-corrected chi connectivity index (χ1v) is 5.13. The van der Waals surface area contributed by atoms with E-state index in [1.165, 1.54) is 12.1 Å². The third kappa shape index (κ3) is 5.20. The highest BCUT2D eigenvalue weighted by atomic mass is 35.5. The summed E-state index contributed by atoms with van der Waals surface area (Å²) >= 11 is 0. The van der Waals surface area contributed by atoms with Crippen molar-refractivity contribution in [1.82, 2.24) is 0 Å². The zero-order valence-electron chi connectivity index (χ0n) is 9.66. The van der Waals surface area contributed by atoms with E-state index in [0.717, 1.165) is 12.1 Å². The fourth-order valence-electron chi connectivity index (χ4n) is 1.27. The molecule has 110 valence electrons. The summed E-state index contributed by atoms with van der Waals surface area (Å²) in [6.07, 6.45) is -8.36. The van der Waals surface area contributed by atoms with Crippen LogP contribution in [-0.4, -0.2) is 19.2 Å². The maximum Gasteiger partial charge on any atom is 0.461 e. The molecule has 0 aromatic heterocycles. The van der Waals surface area contributed by atoms with Gasteiger partial charge in [0.15, 0.2) is 0 Å². The summed E-state index contributed by atoms with van der Waals surface area (Å²) < 4.78 is 64.8. The maximum atomic E-state index is 12.6. The van der Waals surface area contributed by atoms with Gasteiger partial charge in [0.05, 0.1) is 6.67 Å². The molecule has 2 N–H and O–H groups in total. The molecule has 0 saturated carbocycles. The minimum Gasteiger partial charge on any atom is -0.428 e. The summed E-state index contributed by atoms with van der Waals surface area (Å²) in [5.41, 5.74) is 6.10. The number of benzene rings is 1. The lowest BCUT2D eigenvalue weighted by Gasteiger charge is -2.17. The number of nitrogens with two attached hydrogens (primary N) is 1. The smallest absolute Gasteiger partial charge is 0.428 e. The van der Waals surface area contributed by atoms with Crippen LogP contribution in [0, 0.1) is 0 Å². The van der Waals surface area contributed by atoms with E-state index in [-0.39, 0.29) is 18.8 Å². The van der Waals surface area contributed by atoms with Crippen LogP contribution in [0.5, 0.6) is 5.75 Å². The standard InChI is InChI=1S/C11H12F5NO.ClH/c12-6-5-9(17)7-1-3-8(4-2-7)18-11(15,16)10(13)14;/h1-4,9-10H,5-6,17H2;1H/t9-;/m0./s1. The fourth-order valence-corrected chi connectivity index (χ4v) is 1.27. The molecule has 8 heteroatoms. The van der Waals surface area contributed by atoms with Crippen LogP contribution in [0.1, 0.15) is 18.0 Å². The Bertz CT molecular complexity index is 374. The van der Waals surface area contributed by atoms with Crippen LogP contribution < -0.4 is 10.5 Å². The molecule has 19 heavy (non-hydrogen) atoms. The zero-order chi connectivity index (χ0) is 13.8. The molecule has 0 aliphatic rings. The molecule has 0 saturated heterocycles. The van der Waals surface area contributed by atoms with Crippen molar-refractivity contribution >= 4 is 12.4 Å². The molecule has 0 heterocycles. The topological polar surface area (TPSA) is 35.2 Å². The molecule has 0 bridgehead atoms. The number of hydrogen-bond acceptors (Lipinski definition) is 2. The van der Waals surface area contributed by atoms with Crippen molar-refractivity contribution in [3.05, 3.63) is 29.8 Å². The van der Waals surface area contributed by atoms with Gasteiger partial charge in [-0.15, -0.1) is 12.4 Å². The molecule has 1 rings (SSSR count). The lowest BCUT2D eigenvalue weighted by atomic mass is 10.1. The molecule has 1 aromatic carbocycles. The zero-order valence-corrected chi connectivity index (χ0v) is 10.5. The van der Waals surface area contributed by atoms with Gasteiger partial charge in [-0.2, -0.15) is 17.6 Å². The highest BCUT2D eigenvalue weighted by Gasteiger charge is 2.43. The van der Waals surface area contributed by atoms with Crippen molar-refractivity contribution < 1.29 is 26.7 Å². The van der Waals surface area contributed by atoms with Gasteiger partial charge in [0.2, 0.25) is 0 Å². The van der Waals surface area contributed by atoms with Crippen LogP contribution in [-0.2, 0) is 0 Å². The fraction of sp³-hybridized carbons (Fsp3) is 0.455. The molecule has 1 aromatic rings. The van der Waals surface area contributed by atoms with Crippen LogP contribution in [0.3, 0.4) is 0 Å². The number of rotatable bonds is 6. The molecule has 0 spiro atoms. The van der Waals surface area contributed by atoms with Gasteiger partial charge in [0.1, 0.15) is 5.75 Å². The van der Waals surface area contributed by atoms with E-state index in [0.29, 0.717) is 5.56 Å². The Kier molecular flexibility index (Phi) is 7.07. The van der Waals surface area contributed by atoms with E-state index < -0.39 is 31.0 Å². The molecule has 0 amide bonds. The van der Waals surface area contributed by atoms with Gasteiger partial charge in [-0.05, 0) is 24.1 Å². The molecule has 0 radical (unpaired) electrons. The minimum atomic E-state index is -4.54. The molecule has 0 unspecified atom stereocenters. The highest BCUT2D eigenvalue weighted by Crippen LogP contribution is 2.28. The van der Waals surface area contributed by atoms with E-state index in [1.807, 2.05) is 0 Å². The Morgan fingerprint density at radius 3 is 2.11 bits per heavy atom. The van der Waals surface area contributed by atoms with Crippen molar-refractivity contribution in [2.75, 3.05) is 6.67 Å². The lowest BCUT2D eigenvalue weighted by molar-refractivity contribution is -0.253. The molecule has 0 fully saturated rings. The lowest BCUT2D eigenvalue weighted by Crippen LogP contribution is -2.33. The van der Waals surface area contributed by atoms with Crippen molar-refractivity contribution in [3.63, 3.8) is 0 Å². The molecule has 2 nitrogen and oxygen atoms in total. The second-order valence-electron chi connectivity index (χ2n) is 3.62. The third-order valence-electron chi connectivity index (χ3n) is 2.24. The first-order chi connectivity index (χ1) is 8.36. The Hall–Kier alpha value is -1.08. The van der Waals surface area contributed by atoms with Crippen molar-refractivity contribution in [3.8, 4) is 5.75 Å². The number of hydrogen-bond donors (Lipinski definition) is 1. The van der Waals surface area contributed by atoms with Crippen LogP contribution in [0.25, 0.3) is 0 Å². The van der Waals surface area contributed by atoms with Gasteiger partial charge in [-0.25, -0.2) is 0 Å². The molecule has 1 atom stereocenters. The van der Waals surface area contributed by atoms with E-state index in [2.05, 4.69) is 4.74 Å². The summed E-state index contributed by atoms with van der Waals surface area (Å²) in [6.45, 7) is -0.608. The highest BCUT2D eigenvalue weighted by molar-refractivity contribution is 5.85. The Morgan fingerprint density at radius 2 is 1.68 bits per heavy atom. The normalized spacial score (nSPS) is 13.0. The Balaban J connectivity index is 0.00000324. The second-order valence-corrected chi connectivity index (χ2v) is 3.62. The minimum absolute atomic E-state index is 0. The molecular formula is C11H13ClF5NO. The van der Waals surface area contributed by atoms with Gasteiger partial charge >= 0.3 is 12.5 Å². The van der Waals surface area contributed by atoms with Gasteiger partial charge in [0, 0.05) is 6.04 Å². The van der Waals surface area contributed by atoms with E-state index in [4.69, 9.17) is 5.73 Å². The van der Waals surface area contributed by atoms with Gasteiger partial charge < -0.3 is 10.5 Å². The molecule has 0 aliphatic carbocycles. The number of alkyl halides is 5. The van der Waals surface area contributed by atoms with E-state index >= 15 is 0 Å². The average molecular weight is 306 g/mol. The average Bonchev–Trinajstić information content (AvgIpc) is 2.29. The van der Waals surface area contributed by atoms with Crippen LogP contribution in [0.4, 0.5) is 22.0 Å². The summed E-state index contributed by atoms with van der Waals surface area (Å²) in [5, 5.41) is 0. The van der Waals surface area contributed by atoms with Gasteiger partial charge in [-0.3, -0.25) is 4.39 Å². The SMILES string of the molecule is Cl.N[C@@H](CCF)c1ccc(OC(F)(F)C(F)F)cc1. The van der Waals surface area contributed by atoms with Gasteiger partial charge in [-0.1, -0.05) is 12.1 Å².